The van der Waals surface area contributed by atoms with Gasteiger partial charge in [-0.3, -0.25) is 9.59 Å². The molecule has 0 unspecified atom stereocenters. The Morgan fingerprint density at radius 2 is 1.57 bits per heavy atom. The molecule has 1 rings (SSSR count). The zero-order valence-corrected chi connectivity index (χ0v) is 14.5. The van der Waals surface area contributed by atoms with E-state index < -0.39 is 53.3 Å². The summed E-state index contributed by atoms with van der Waals surface area (Å²) in [7, 11) is 0. The van der Waals surface area contributed by atoms with Gasteiger partial charge in [-0.15, -0.1) is 0 Å². The number of alkyl halides is 6. The highest BCUT2D eigenvalue weighted by Gasteiger charge is 2.37. The van der Waals surface area contributed by atoms with E-state index in [1.165, 1.54) is 0 Å². The maximum Gasteiger partial charge on any atom is 0.416 e. The van der Waals surface area contributed by atoms with E-state index in [2.05, 4.69) is 5.32 Å². The Labute approximate surface area is 156 Å². The zero-order valence-electron chi connectivity index (χ0n) is 14.5. The van der Waals surface area contributed by atoms with E-state index in [4.69, 9.17) is 11.0 Å². The molecule has 0 fully saturated rings. The molecule has 3 N–H and O–H groups in total. The largest absolute Gasteiger partial charge is 0.416 e. The van der Waals surface area contributed by atoms with Gasteiger partial charge in [-0.1, -0.05) is 0 Å². The van der Waals surface area contributed by atoms with Crippen LogP contribution in [-0.4, -0.2) is 17.9 Å². The van der Waals surface area contributed by atoms with E-state index in [0.717, 1.165) is 0 Å². The average Bonchev–Trinajstić information content (AvgIpc) is 2.55. The number of nitrogens with zero attached hydrogens (tertiary/aromatic N) is 1. The van der Waals surface area contributed by atoms with Crippen molar-refractivity contribution in [2.24, 2.45) is 5.73 Å². The number of benzene rings is 1. The van der Waals surface area contributed by atoms with Crippen LogP contribution in [0.15, 0.2) is 18.2 Å². The fourth-order valence-electron chi connectivity index (χ4n) is 2.39. The highest BCUT2D eigenvalue weighted by atomic mass is 19.4. The molecular formula is C17H17F6N3O2. The van der Waals surface area contributed by atoms with Crippen molar-refractivity contribution in [2.75, 3.05) is 0 Å². The Hall–Kier alpha value is -2.77. The normalized spacial score (nSPS) is 12.9. The summed E-state index contributed by atoms with van der Waals surface area (Å²) in [6.07, 6.45) is -9.70. The summed E-state index contributed by atoms with van der Waals surface area (Å²) in [5, 5.41) is 10.6. The van der Waals surface area contributed by atoms with Gasteiger partial charge in [-0.05, 0) is 43.0 Å². The third-order valence-electron chi connectivity index (χ3n) is 3.72. The van der Waals surface area contributed by atoms with Gasteiger partial charge in [0.15, 0.2) is 0 Å². The molecule has 11 heteroatoms. The lowest BCUT2D eigenvalue weighted by molar-refractivity contribution is -0.143. The molecule has 0 saturated heterocycles. The van der Waals surface area contributed by atoms with Gasteiger partial charge in [0, 0.05) is 6.42 Å². The van der Waals surface area contributed by atoms with Crippen molar-refractivity contribution in [2.45, 2.75) is 50.5 Å². The van der Waals surface area contributed by atoms with Gasteiger partial charge in [0.25, 0.3) is 0 Å². The van der Waals surface area contributed by atoms with Crippen LogP contribution in [0.3, 0.4) is 0 Å². The molecule has 0 spiro atoms. The van der Waals surface area contributed by atoms with Crippen molar-refractivity contribution < 1.29 is 35.9 Å². The van der Waals surface area contributed by atoms with E-state index in [9.17, 15) is 35.9 Å². The number of halogens is 6. The molecule has 0 saturated carbocycles. The zero-order chi connectivity index (χ0) is 21.5. The number of nitrogens with two attached hydrogens (primary N) is 1. The lowest BCUT2D eigenvalue weighted by Gasteiger charge is -2.17. The van der Waals surface area contributed by atoms with Crippen LogP contribution in [0.4, 0.5) is 26.3 Å². The van der Waals surface area contributed by atoms with Crippen molar-refractivity contribution in [3.05, 3.63) is 34.9 Å². The number of hydrogen-bond acceptors (Lipinski definition) is 3. The first kappa shape index (κ1) is 23.3. The van der Waals surface area contributed by atoms with Gasteiger partial charge in [0.05, 0.1) is 23.6 Å². The van der Waals surface area contributed by atoms with Gasteiger partial charge in [0.1, 0.15) is 6.04 Å². The first-order chi connectivity index (χ1) is 12.8. The summed E-state index contributed by atoms with van der Waals surface area (Å²) in [6, 6.07) is 1.60. The van der Waals surface area contributed by atoms with Crippen molar-refractivity contribution in [3.8, 4) is 6.07 Å². The minimum Gasteiger partial charge on any atom is -0.368 e. The lowest BCUT2D eigenvalue weighted by Crippen LogP contribution is -2.45. The quantitative estimate of drug-likeness (QED) is 0.509. The van der Waals surface area contributed by atoms with Crippen LogP contribution in [0.1, 0.15) is 42.4 Å². The van der Waals surface area contributed by atoms with Crippen LogP contribution < -0.4 is 11.1 Å². The number of rotatable bonds is 8. The predicted octanol–water partition coefficient (Wildman–Crippen LogP) is 3.32. The second-order valence-corrected chi connectivity index (χ2v) is 6.02. The van der Waals surface area contributed by atoms with Gasteiger partial charge >= 0.3 is 12.4 Å². The standard InChI is InChI=1S/C17H17F6N3O2/c18-16(19,20)11-6-10(7-12(9-11)17(21,22)23)8-14(27)26-13(15(25)28)4-2-1-3-5-24/h6-7,9,13H,1-4,8H2,(H2,25,28)(H,26,27)/t13-/m0/s1. The minimum absolute atomic E-state index is 0.0389. The summed E-state index contributed by atoms with van der Waals surface area (Å²) >= 11 is 0. The van der Waals surface area contributed by atoms with Crippen molar-refractivity contribution in [1.82, 2.24) is 5.32 Å². The summed E-state index contributed by atoms with van der Waals surface area (Å²) in [5.41, 5.74) is 1.56. The Morgan fingerprint density at radius 1 is 1.04 bits per heavy atom. The average molecular weight is 409 g/mol. The molecule has 0 aliphatic heterocycles. The Kier molecular flexibility index (Phi) is 7.84. The smallest absolute Gasteiger partial charge is 0.368 e. The van der Waals surface area contributed by atoms with Crippen LogP contribution in [0.5, 0.6) is 0 Å². The van der Waals surface area contributed by atoms with Crippen LogP contribution >= 0.6 is 0 Å². The highest BCUT2D eigenvalue weighted by Crippen LogP contribution is 2.36. The molecule has 2 amide bonds. The van der Waals surface area contributed by atoms with E-state index in [0.29, 0.717) is 25.0 Å². The monoisotopic (exact) mass is 409 g/mol. The third kappa shape index (κ3) is 7.46. The number of unbranched alkanes of at least 4 members (excludes halogenated alkanes) is 2. The maximum atomic E-state index is 12.8. The molecule has 1 aromatic rings. The fraction of sp³-hybridized carbons (Fsp3) is 0.471. The highest BCUT2D eigenvalue weighted by molar-refractivity contribution is 5.87. The molecular weight excluding hydrogens is 392 g/mol. The fourth-order valence-corrected chi connectivity index (χ4v) is 2.39. The van der Waals surface area contributed by atoms with Crippen molar-refractivity contribution in [3.63, 3.8) is 0 Å². The summed E-state index contributed by atoms with van der Waals surface area (Å²) < 4.78 is 77.0. The number of carbonyl (C=O) groups is 2. The van der Waals surface area contributed by atoms with E-state index >= 15 is 0 Å². The molecule has 0 aliphatic carbocycles. The Bertz CT molecular complexity index is 720. The van der Waals surface area contributed by atoms with E-state index in [1.807, 2.05) is 6.07 Å². The summed E-state index contributed by atoms with van der Waals surface area (Å²) in [5.74, 6) is -1.85. The molecule has 5 nitrogen and oxygen atoms in total. The number of nitrogens with one attached hydrogen (secondary N) is 1. The second kappa shape index (κ2) is 9.43. The van der Waals surface area contributed by atoms with Crippen LogP contribution in [0.2, 0.25) is 0 Å². The molecule has 0 heterocycles. The van der Waals surface area contributed by atoms with Crippen LogP contribution in [0.25, 0.3) is 0 Å². The summed E-state index contributed by atoms with van der Waals surface area (Å²) in [6.45, 7) is 0. The van der Waals surface area contributed by atoms with Gasteiger partial charge in [-0.25, -0.2) is 0 Å². The first-order valence-electron chi connectivity index (χ1n) is 8.08. The molecule has 1 atom stereocenters. The van der Waals surface area contributed by atoms with Gasteiger partial charge in [0.2, 0.25) is 11.8 Å². The molecule has 1 aromatic carbocycles. The SMILES string of the molecule is N#CCCCC[C@H](NC(=O)Cc1cc(C(F)(F)F)cc(C(F)(F)F)c1)C(N)=O. The number of hydrogen-bond donors (Lipinski definition) is 2. The van der Waals surface area contributed by atoms with Crippen LogP contribution in [-0.2, 0) is 28.4 Å². The molecule has 154 valence electrons. The molecule has 0 bridgehead atoms. The molecule has 0 aliphatic rings. The third-order valence-corrected chi connectivity index (χ3v) is 3.72. The van der Waals surface area contributed by atoms with Gasteiger partial charge in [-0.2, -0.15) is 31.6 Å². The first-order valence-corrected chi connectivity index (χ1v) is 8.08. The topological polar surface area (TPSA) is 96.0 Å². The molecule has 0 radical (unpaired) electrons. The number of primary amides is 1. The maximum absolute atomic E-state index is 12.8. The van der Waals surface area contributed by atoms with Gasteiger partial charge < -0.3 is 11.1 Å². The van der Waals surface area contributed by atoms with E-state index in [-0.39, 0.29) is 18.9 Å². The minimum atomic E-state index is -5.02. The van der Waals surface area contributed by atoms with Crippen molar-refractivity contribution >= 4 is 11.8 Å². The Morgan fingerprint density at radius 3 is 2.00 bits per heavy atom. The Balaban J connectivity index is 2.94. The van der Waals surface area contributed by atoms with E-state index in [1.54, 1.807) is 0 Å². The van der Waals surface area contributed by atoms with Crippen LogP contribution in [0, 0.1) is 11.3 Å². The number of nitriles is 1. The van der Waals surface area contributed by atoms with Crippen molar-refractivity contribution in [1.29, 1.82) is 5.26 Å². The lowest BCUT2D eigenvalue weighted by atomic mass is 10.0. The summed E-state index contributed by atoms with van der Waals surface area (Å²) in [4.78, 5) is 23.4. The molecule has 0 aromatic heterocycles. The number of carbonyl (C=O) groups excluding carboxylic acids is 2. The predicted molar refractivity (Wildman–Crippen MR) is 85.4 cm³/mol. The second-order valence-electron chi connectivity index (χ2n) is 6.02. The molecule has 28 heavy (non-hydrogen) atoms. The number of amides is 2.